The Kier molecular flexibility index (Phi) is 5.75. The Morgan fingerprint density at radius 1 is 1.50 bits per heavy atom. The summed E-state index contributed by atoms with van der Waals surface area (Å²) in [6.07, 6.45) is 0. The Morgan fingerprint density at radius 3 is 2.72 bits per heavy atom. The van der Waals surface area contributed by atoms with Crippen molar-refractivity contribution in [3.63, 3.8) is 0 Å². The molecule has 0 aliphatic carbocycles. The van der Waals surface area contributed by atoms with Gasteiger partial charge in [-0.05, 0) is 33.5 Å². The van der Waals surface area contributed by atoms with Crippen LogP contribution < -0.4 is 0 Å². The number of carboxylic acid groups (broad SMARTS) is 1. The number of hydrogen-bond donors (Lipinski definition) is 1. The highest BCUT2D eigenvalue weighted by Crippen LogP contribution is 2.22. The van der Waals surface area contributed by atoms with Gasteiger partial charge in [0.1, 0.15) is 5.82 Å². The number of nitrogens with zero attached hydrogens (tertiary/aromatic N) is 1. The predicted molar refractivity (Wildman–Crippen MR) is 71.9 cm³/mol. The lowest BCUT2D eigenvalue weighted by Gasteiger charge is -2.23. The van der Waals surface area contributed by atoms with Crippen molar-refractivity contribution < 1.29 is 14.3 Å². The largest absolute Gasteiger partial charge is 0.480 e. The molecule has 0 amide bonds. The van der Waals surface area contributed by atoms with E-state index >= 15 is 0 Å². The van der Waals surface area contributed by atoms with Crippen molar-refractivity contribution in [2.45, 2.75) is 20.4 Å². The summed E-state index contributed by atoms with van der Waals surface area (Å²) >= 11 is 3.19. The fraction of sp³-hybridized carbons (Fsp3) is 0.462. The average molecular weight is 318 g/mol. The molecule has 0 fully saturated rings. The first-order valence-electron chi connectivity index (χ1n) is 5.77. The summed E-state index contributed by atoms with van der Waals surface area (Å²) < 4.78 is 13.8. The molecule has 0 aliphatic rings. The average Bonchev–Trinajstić information content (AvgIpc) is 2.23. The van der Waals surface area contributed by atoms with Crippen molar-refractivity contribution in [2.24, 2.45) is 5.92 Å². The molecule has 1 N–H and O–H groups in total. The van der Waals surface area contributed by atoms with Gasteiger partial charge >= 0.3 is 5.97 Å². The Hall–Kier alpha value is -0.940. The van der Waals surface area contributed by atoms with Crippen LogP contribution in [0.1, 0.15) is 19.4 Å². The zero-order valence-corrected chi connectivity index (χ0v) is 12.1. The predicted octanol–water partition coefficient (Wildman–Crippen LogP) is 3.13. The van der Waals surface area contributed by atoms with Crippen LogP contribution in [0.25, 0.3) is 0 Å². The molecule has 1 aromatic carbocycles. The van der Waals surface area contributed by atoms with Gasteiger partial charge in [0, 0.05) is 13.1 Å². The number of carbonyl (C=O) groups is 1. The van der Waals surface area contributed by atoms with Crippen molar-refractivity contribution in [3.05, 3.63) is 34.1 Å². The Balaban J connectivity index is 2.81. The second-order valence-electron chi connectivity index (χ2n) is 4.67. The number of halogens is 2. The van der Waals surface area contributed by atoms with Gasteiger partial charge in [-0.3, -0.25) is 9.69 Å². The molecule has 0 radical (unpaired) electrons. The van der Waals surface area contributed by atoms with Crippen LogP contribution in [0.3, 0.4) is 0 Å². The van der Waals surface area contributed by atoms with Gasteiger partial charge < -0.3 is 5.11 Å². The molecule has 0 unspecified atom stereocenters. The van der Waals surface area contributed by atoms with Crippen LogP contribution in [0.2, 0.25) is 0 Å². The van der Waals surface area contributed by atoms with Gasteiger partial charge in [0.25, 0.3) is 0 Å². The summed E-state index contributed by atoms with van der Waals surface area (Å²) in [5.41, 5.74) is 0.761. The standard InChI is InChI=1S/C13H17BrFNO2/c1-9(2)6-16(8-12(17)18)7-10-4-3-5-11(15)13(10)14/h3-5,9H,6-8H2,1-2H3,(H,17,18). The summed E-state index contributed by atoms with van der Waals surface area (Å²) in [7, 11) is 0. The van der Waals surface area contributed by atoms with Crippen molar-refractivity contribution in [1.29, 1.82) is 0 Å². The summed E-state index contributed by atoms with van der Waals surface area (Å²) in [4.78, 5) is 12.6. The molecule has 0 saturated heterocycles. The maximum atomic E-state index is 13.4. The normalized spacial score (nSPS) is 11.2. The first-order chi connectivity index (χ1) is 8.40. The summed E-state index contributed by atoms with van der Waals surface area (Å²) in [6.45, 7) is 5.09. The van der Waals surface area contributed by atoms with Crippen LogP contribution >= 0.6 is 15.9 Å². The molecule has 18 heavy (non-hydrogen) atoms. The van der Waals surface area contributed by atoms with Gasteiger partial charge in [0.05, 0.1) is 11.0 Å². The van der Waals surface area contributed by atoms with E-state index in [1.807, 2.05) is 13.8 Å². The topological polar surface area (TPSA) is 40.5 Å². The SMILES string of the molecule is CC(C)CN(CC(=O)O)Cc1cccc(F)c1Br. The van der Waals surface area contributed by atoms with E-state index in [-0.39, 0.29) is 12.4 Å². The highest BCUT2D eigenvalue weighted by Gasteiger charge is 2.14. The van der Waals surface area contributed by atoms with Crippen LogP contribution in [-0.2, 0) is 11.3 Å². The molecule has 0 aromatic heterocycles. The third-order valence-corrected chi connectivity index (χ3v) is 3.30. The van der Waals surface area contributed by atoms with E-state index in [9.17, 15) is 9.18 Å². The number of hydrogen-bond acceptors (Lipinski definition) is 2. The lowest BCUT2D eigenvalue weighted by Crippen LogP contribution is -2.32. The highest BCUT2D eigenvalue weighted by molar-refractivity contribution is 9.10. The van der Waals surface area contributed by atoms with Crippen molar-refractivity contribution in [3.8, 4) is 0 Å². The molecule has 0 heterocycles. The van der Waals surface area contributed by atoms with E-state index in [0.717, 1.165) is 5.56 Å². The van der Waals surface area contributed by atoms with Crippen LogP contribution in [-0.4, -0.2) is 29.1 Å². The van der Waals surface area contributed by atoms with Crippen LogP contribution in [0, 0.1) is 11.7 Å². The van der Waals surface area contributed by atoms with Gasteiger partial charge in [0.2, 0.25) is 0 Å². The van der Waals surface area contributed by atoms with E-state index < -0.39 is 5.97 Å². The maximum Gasteiger partial charge on any atom is 0.317 e. The van der Waals surface area contributed by atoms with Crippen LogP contribution in [0.4, 0.5) is 4.39 Å². The molecule has 0 aliphatic heterocycles. The molecule has 3 nitrogen and oxygen atoms in total. The minimum absolute atomic E-state index is 0.0405. The monoisotopic (exact) mass is 317 g/mol. The molecule has 0 atom stereocenters. The third kappa shape index (κ3) is 4.74. The molecule has 0 saturated carbocycles. The fourth-order valence-electron chi connectivity index (χ4n) is 1.80. The van der Waals surface area contributed by atoms with Crippen molar-refractivity contribution in [2.75, 3.05) is 13.1 Å². The van der Waals surface area contributed by atoms with E-state index in [4.69, 9.17) is 5.11 Å². The molecule has 1 rings (SSSR count). The number of rotatable bonds is 6. The van der Waals surface area contributed by atoms with Crippen molar-refractivity contribution in [1.82, 2.24) is 4.90 Å². The molecule has 5 heteroatoms. The Morgan fingerprint density at radius 2 is 2.17 bits per heavy atom. The molecular weight excluding hydrogens is 301 g/mol. The summed E-state index contributed by atoms with van der Waals surface area (Å²) in [5.74, 6) is -0.841. The van der Waals surface area contributed by atoms with E-state index in [0.29, 0.717) is 23.5 Å². The zero-order chi connectivity index (χ0) is 13.7. The second-order valence-corrected chi connectivity index (χ2v) is 5.46. The van der Waals surface area contributed by atoms with E-state index in [2.05, 4.69) is 15.9 Å². The van der Waals surface area contributed by atoms with Crippen molar-refractivity contribution >= 4 is 21.9 Å². The lowest BCUT2D eigenvalue weighted by molar-refractivity contribution is -0.138. The van der Waals surface area contributed by atoms with Crippen LogP contribution in [0.5, 0.6) is 0 Å². The van der Waals surface area contributed by atoms with Gasteiger partial charge in [-0.15, -0.1) is 0 Å². The van der Waals surface area contributed by atoms with Gasteiger partial charge in [-0.2, -0.15) is 0 Å². The quantitative estimate of drug-likeness (QED) is 0.876. The van der Waals surface area contributed by atoms with E-state index in [1.165, 1.54) is 6.07 Å². The zero-order valence-electron chi connectivity index (χ0n) is 10.5. The fourth-order valence-corrected chi connectivity index (χ4v) is 2.19. The second kappa shape index (κ2) is 6.85. The third-order valence-electron chi connectivity index (χ3n) is 2.41. The van der Waals surface area contributed by atoms with Crippen LogP contribution in [0.15, 0.2) is 22.7 Å². The first-order valence-corrected chi connectivity index (χ1v) is 6.56. The molecule has 1 aromatic rings. The minimum Gasteiger partial charge on any atom is -0.480 e. The molecule has 100 valence electrons. The Bertz CT molecular complexity index is 423. The molecule has 0 spiro atoms. The highest BCUT2D eigenvalue weighted by atomic mass is 79.9. The molecular formula is C13H17BrFNO2. The summed E-state index contributed by atoms with van der Waals surface area (Å²) in [5, 5.41) is 8.87. The Labute approximate surface area is 115 Å². The minimum atomic E-state index is -0.872. The van der Waals surface area contributed by atoms with Gasteiger partial charge in [0.15, 0.2) is 0 Å². The van der Waals surface area contributed by atoms with Gasteiger partial charge in [-0.25, -0.2) is 4.39 Å². The number of carboxylic acids is 1. The first kappa shape index (κ1) is 15.1. The molecule has 0 bridgehead atoms. The number of benzene rings is 1. The van der Waals surface area contributed by atoms with E-state index in [1.54, 1.807) is 17.0 Å². The van der Waals surface area contributed by atoms with Gasteiger partial charge in [-0.1, -0.05) is 26.0 Å². The lowest BCUT2D eigenvalue weighted by atomic mass is 10.1. The number of aliphatic carboxylic acids is 1. The maximum absolute atomic E-state index is 13.4. The summed E-state index contributed by atoms with van der Waals surface area (Å²) in [6, 6.07) is 4.80. The smallest absolute Gasteiger partial charge is 0.317 e.